The van der Waals surface area contributed by atoms with Gasteiger partial charge < -0.3 is 14.7 Å². The van der Waals surface area contributed by atoms with Gasteiger partial charge in [-0.3, -0.25) is 4.99 Å². The zero-order chi connectivity index (χ0) is 14.1. The van der Waals surface area contributed by atoms with Gasteiger partial charge in [0, 0.05) is 31.2 Å². The third-order valence-electron chi connectivity index (χ3n) is 2.26. The van der Waals surface area contributed by atoms with Gasteiger partial charge in [-0.25, -0.2) is 4.79 Å². The molecule has 0 aliphatic heterocycles. The average molecular weight is 254 g/mol. The lowest BCUT2D eigenvalue weighted by molar-refractivity contribution is -0.147. The van der Waals surface area contributed by atoms with E-state index in [9.17, 15) is 9.90 Å². The zero-order valence-electron chi connectivity index (χ0n) is 11.7. The molecule has 0 heterocycles. The van der Waals surface area contributed by atoms with E-state index in [1.165, 1.54) is 12.3 Å². The van der Waals surface area contributed by atoms with Crippen LogP contribution in [0.3, 0.4) is 0 Å². The molecule has 0 saturated carbocycles. The molecule has 0 aromatic carbocycles. The normalized spacial score (nSPS) is 14.7. The molecule has 5 heteroatoms. The Morgan fingerprint density at radius 2 is 2.17 bits per heavy atom. The van der Waals surface area contributed by atoms with Crippen LogP contribution < -0.4 is 0 Å². The van der Waals surface area contributed by atoms with E-state index >= 15 is 0 Å². The number of aliphatic hydroxyl groups excluding tert-OH is 1. The zero-order valence-corrected chi connectivity index (χ0v) is 11.7. The molecular formula is C13H22N2O3. The third-order valence-corrected chi connectivity index (χ3v) is 2.26. The maximum atomic E-state index is 11.5. The molecule has 0 bridgehead atoms. The summed E-state index contributed by atoms with van der Waals surface area (Å²) >= 11 is 0. The van der Waals surface area contributed by atoms with E-state index in [0.717, 1.165) is 0 Å². The molecule has 0 spiro atoms. The van der Waals surface area contributed by atoms with Crippen LogP contribution in [0, 0.1) is 0 Å². The minimum absolute atomic E-state index is 0.0387. The van der Waals surface area contributed by atoms with Gasteiger partial charge in [0.25, 0.3) is 0 Å². The number of allylic oxidation sites excluding steroid dienone is 2. The lowest BCUT2D eigenvalue weighted by Crippen LogP contribution is -2.34. The first-order chi connectivity index (χ1) is 8.42. The van der Waals surface area contributed by atoms with Gasteiger partial charge >= 0.3 is 5.97 Å². The van der Waals surface area contributed by atoms with Crippen molar-refractivity contribution in [3.63, 3.8) is 0 Å². The fourth-order valence-corrected chi connectivity index (χ4v) is 1.24. The smallest absolute Gasteiger partial charge is 0.328 e. The predicted molar refractivity (Wildman–Crippen MR) is 72.5 cm³/mol. The van der Waals surface area contributed by atoms with Gasteiger partial charge in [0.15, 0.2) is 0 Å². The van der Waals surface area contributed by atoms with Crippen LogP contribution in [-0.2, 0) is 9.53 Å². The summed E-state index contributed by atoms with van der Waals surface area (Å²) in [6, 6.07) is -0.449. The van der Waals surface area contributed by atoms with Gasteiger partial charge in [0.2, 0.25) is 0 Å². The number of hydrogen-bond donors (Lipinski definition) is 1. The van der Waals surface area contributed by atoms with Gasteiger partial charge in [-0.1, -0.05) is 0 Å². The molecule has 1 atom stereocenters. The number of carbonyl (C=O) groups excluding carboxylic acids is 1. The average Bonchev–Trinajstić information content (AvgIpc) is 2.28. The number of likely N-dealkylation sites (N-methyl/N-ethyl adjacent to an activating group) is 1. The molecule has 5 nitrogen and oxygen atoms in total. The highest BCUT2D eigenvalue weighted by Crippen LogP contribution is 2.05. The van der Waals surface area contributed by atoms with E-state index in [2.05, 4.69) is 4.99 Å². The lowest BCUT2D eigenvalue weighted by atomic mass is 10.3. The highest BCUT2D eigenvalue weighted by Gasteiger charge is 2.17. The van der Waals surface area contributed by atoms with E-state index < -0.39 is 6.04 Å². The number of esters is 1. The van der Waals surface area contributed by atoms with Gasteiger partial charge in [-0.15, -0.1) is 0 Å². The van der Waals surface area contributed by atoms with Crippen LogP contribution in [0.4, 0.5) is 0 Å². The third kappa shape index (κ3) is 6.08. The topological polar surface area (TPSA) is 62.1 Å². The van der Waals surface area contributed by atoms with Crippen molar-refractivity contribution < 1.29 is 14.6 Å². The molecule has 0 aliphatic carbocycles. The summed E-state index contributed by atoms with van der Waals surface area (Å²) in [5, 5.41) is 9.69. The van der Waals surface area contributed by atoms with Crippen molar-refractivity contribution in [3.8, 4) is 0 Å². The standard InChI is InChI=1S/C13H22N2O3/c1-6-14-10(3)8-12(16)9-15(5)11(4)13(17)18-7-2/h6,8-9,11,16H,7H2,1-5H3/b10-8+,12-9+,14-6-. The summed E-state index contributed by atoms with van der Waals surface area (Å²) in [5.74, 6) is -0.284. The Morgan fingerprint density at radius 1 is 1.56 bits per heavy atom. The molecule has 1 unspecified atom stereocenters. The molecule has 0 rings (SSSR count). The second-order valence-corrected chi connectivity index (χ2v) is 3.82. The van der Waals surface area contributed by atoms with Gasteiger partial charge in [-0.05, 0) is 27.7 Å². The van der Waals surface area contributed by atoms with Crippen LogP contribution in [0.25, 0.3) is 0 Å². The number of aliphatic hydroxyl groups is 1. The molecule has 1 N–H and O–H groups in total. The first-order valence-corrected chi connectivity index (χ1v) is 5.88. The number of aliphatic imine (C=N–C) groups is 1. The van der Waals surface area contributed by atoms with Crippen LogP contribution in [-0.4, -0.2) is 41.9 Å². The fraction of sp³-hybridized carbons (Fsp3) is 0.538. The monoisotopic (exact) mass is 254 g/mol. The molecule has 0 aromatic heterocycles. The summed E-state index contributed by atoms with van der Waals surface area (Å²) < 4.78 is 4.90. The first kappa shape index (κ1) is 16.2. The molecule has 0 saturated heterocycles. The number of hydrogen-bond acceptors (Lipinski definition) is 5. The van der Waals surface area contributed by atoms with Gasteiger partial charge in [0.05, 0.1) is 6.61 Å². The number of ether oxygens (including phenoxy) is 1. The lowest BCUT2D eigenvalue weighted by Gasteiger charge is -2.21. The van der Waals surface area contributed by atoms with E-state index in [4.69, 9.17) is 4.74 Å². The second-order valence-electron chi connectivity index (χ2n) is 3.82. The molecular weight excluding hydrogens is 232 g/mol. The molecule has 0 amide bonds. The molecule has 0 aliphatic rings. The molecule has 18 heavy (non-hydrogen) atoms. The van der Waals surface area contributed by atoms with E-state index in [1.54, 1.807) is 45.9 Å². The van der Waals surface area contributed by atoms with Gasteiger partial charge in [0.1, 0.15) is 11.8 Å². The minimum Gasteiger partial charge on any atom is -0.506 e. The van der Waals surface area contributed by atoms with Crippen molar-refractivity contribution >= 4 is 12.2 Å². The largest absolute Gasteiger partial charge is 0.506 e. The Hall–Kier alpha value is -1.78. The van der Waals surface area contributed by atoms with Crippen LogP contribution >= 0.6 is 0 Å². The SMILES string of the molecule is C\C=N/C(C)=C/C(O)=C\N(C)C(C)C(=O)OCC. The Kier molecular flexibility index (Phi) is 7.51. The van der Waals surface area contributed by atoms with Crippen molar-refractivity contribution in [2.24, 2.45) is 4.99 Å². The van der Waals surface area contributed by atoms with Crippen molar-refractivity contribution in [3.05, 3.63) is 23.7 Å². The van der Waals surface area contributed by atoms with Gasteiger partial charge in [-0.2, -0.15) is 0 Å². The summed E-state index contributed by atoms with van der Waals surface area (Å²) in [7, 11) is 1.70. The first-order valence-electron chi connectivity index (χ1n) is 5.88. The van der Waals surface area contributed by atoms with Crippen molar-refractivity contribution in [1.29, 1.82) is 0 Å². The van der Waals surface area contributed by atoms with Crippen LogP contribution in [0.1, 0.15) is 27.7 Å². The number of nitrogens with zero attached hydrogens (tertiary/aromatic N) is 2. The fourth-order valence-electron chi connectivity index (χ4n) is 1.24. The van der Waals surface area contributed by atoms with Crippen molar-refractivity contribution in [1.82, 2.24) is 4.90 Å². The summed E-state index contributed by atoms with van der Waals surface area (Å²) in [6.45, 7) is 7.39. The van der Waals surface area contributed by atoms with Crippen molar-refractivity contribution in [2.75, 3.05) is 13.7 Å². The van der Waals surface area contributed by atoms with Crippen molar-refractivity contribution in [2.45, 2.75) is 33.7 Å². The Morgan fingerprint density at radius 3 is 2.67 bits per heavy atom. The summed E-state index contributed by atoms with van der Waals surface area (Å²) in [4.78, 5) is 17.1. The molecule has 0 radical (unpaired) electrons. The van der Waals surface area contributed by atoms with Crippen LogP contribution in [0.5, 0.6) is 0 Å². The summed E-state index contributed by atoms with van der Waals surface area (Å²) in [5.41, 5.74) is 0.684. The highest BCUT2D eigenvalue weighted by atomic mass is 16.5. The number of carbonyl (C=O) groups is 1. The molecule has 0 aromatic rings. The second kappa shape index (κ2) is 8.33. The minimum atomic E-state index is -0.449. The van der Waals surface area contributed by atoms with Crippen LogP contribution in [0.2, 0.25) is 0 Å². The maximum Gasteiger partial charge on any atom is 0.328 e. The Balaban J connectivity index is 4.66. The molecule has 0 fully saturated rings. The highest BCUT2D eigenvalue weighted by molar-refractivity contribution is 5.75. The quantitative estimate of drug-likeness (QED) is 0.342. The Labute approximate surface area is 108 Å². The summed E-state index contributed by atoms with van der Waals surface area (Å²) in [6.07, 6.45) is 4.63. The predicted octanol–water partition coefficient (Wildman–Crippen LogP) is 2.26. The van der Waals surface area contributed by atoms with Crippen LogP contribution in [0.15, 0.2) is 28.7 Å². The number of rotatable bonds is 6. The maximum absolute atomic E-state index is 11.5. The van der Waals surface area contributed by atoms with E-state index in [1.807, 2.05) is 0 Å². The van der Waals surface area contributed by atoms with E-state index in [0.29, 0.717) is 12.3 Å². The Bertz CT molecular complexity index is 359. The van der Waals surface area contributed by atoms with E-state index in [-0.39, 0.29) is 11.7 Å². The molecule has 102 valence electrons.